The summed E-state index contributed by atoms with van der Waals surface area (Å²) in [4.78, 5) is 0. The van der Waals surface area contributed by atoms with Gasteiger partial charge in [0.2, 0.25) is 0 Å². The first-order chi connectivity index (χ1) is 33.0. The Morgan fingerprint density at radius 1 is 0.358 bits per heavy atom. The van der Waals surface area contributed by atoms with Crippen molar-refractivity contribution in [2.24, 2.45) is 5.92 Å². The molecule has 0 aromatic heterocycles. The van der Waals surface area contributed by atoms with Gasteiger partial charge in [0.15, 0.2) is 0 Å². The molecule has 0 radical (unpaired) electrons. The first-order valence-electron chi connectivity index (χ1n) is 28.9. The van der Waals surface area contributed by atoms with E-state index in [4.69, 9.17) is 11.5 Å². The van der Waals surface area contributed by atoms with Gasteiger partial charge in [0.05, 0.1) is 0 Å². The van der Waals surface area contributed by atoms with Crippen LogP contribution in [0.1, 0.15) is 284 Å². The first kappa shape index (κ1) is 54.4. The maximum absolute atomic E-state index is 6.22. The zero-order valence-electron chi connectivity index (χ0n) is 43.7. The lowest BCUT2D eigenvalue weighted by atomic mass is 9.62. The maximum atomic E-state index is 6.22. The van der Waals surface area contributed by atoms with E-state index in [9.17, 15) is 0 Å². The monoisotopic (exact) mass is 909 g/mol. The van der Waals surface area contributed by atoms with Gasteiger partial charge in [-0.05, 0) is 102 Å². The summed E-state index contributed by atoms with van der Waals surface area (Å²) in [5, 5.41) is 0. The molecule has 5 rings (SSSR count). The van der Waals surface area contributed by atoms with Crippen LogP contribution in [-0.4, -0.2) is 0 Å². The summed E-state index contributed by atoms with van der Waals surface area (Å²) >= 11 is 0. The third kappa shape index (κ3) is 19.1. The third-order valence-corrected chi connectivity index (χ3v) is 16.3. The highest BCUT2D eigenvalue weighted by Gasteiger charge is 2.38. The molecule has 4 aromatic rings. The Balaban J connectivity index is 1.31. The Bertz CT molecular complexity index is 1680. The molecule has 0 saturated heterocycles. The molecule has 370 valence electrons. The fraction of sp³-hybridized carbons (Fsp3) is 0.631. The third-order valence-electron chi connectivity index (χ3n) is 16.3. The van der Waals surface area contributed by atoms with Crippen LogP contribution >= 0.6 is 0 Å². The topological polar surface area (TPSA) is 52.0 Å². The van der Waals surface area contributed by atoms with Gasteiger partial charge >= 0.3 is 0 Å². The minimum Gasteiger partial charge on any atom is -0.399 e. The number of hydrogen-bond donors (Lipinski definition) is 2. The molecule has 0 spiro atoms. The van der Waals surface area contributed by atoms with Crippen molar-refractivity contribution < 1.29 is 0 Å². The van der Waals surface area contributed by atoms with E-state index in [2.05, 4.69) is 118 Å². The first-order valence-corrected chi connectivity index (χ1v) is 28.9. The standard InChI is InChI=1S/C65H100N2/c1-4-7-10-13-16-19-22-25-28-31-54-50-52-65(53-51-54,59-42-34-55(35-43-59)63(57-38-46-61(66)47-39-57)32-29-26-23-20-17-14-11-8-5-2)60-44-36-56(37-45-60)64(58-40-48-62(67)49-41-58)33-30-27-24-21-18-15-12-9-6-3/h34-49,54,63-64H,4-33,50-53,66-67H2,1-3H3. The smallest absolute Gasteiger partial charge is 0.0314 e. The van der Waals surface area contributed by atoms with Crippen LogP contribution < -0.4 is 11.5 Å². The highest BCUT2D eigenvalue weighted by atomic mass is 14.5. The Labute approximate surface area is 413 Å². The molecule has 0 aliphatic heterocycles. The van der Waals surface area contributed by atoms with E-state index >= 15 is 0 Å². The summed E-state index contributed by atoms with van der Waals surface area (Å²) in [6.45, 7) is 6.94. The van der Waals surface area contributed by atoms with Gasteiger partial charge in [0.25, 0.3) is 0 Å². The maximum Gasteiger partial charge on any atom is 0.0314 e. The van der Waals surface area contributed by atoms with Crippen LogP contribution in [-0.2, 0) is 5.41 Å². The minimum atomic E-state index is 0.0493. The molecule has 4 N–H and O–H groups in total. The molecular weight excluding hydrogens is 809 g/mol. The highest BCUT2D eigenvalue weighted by Crippen LogP contribution is 2.48. The summed E-state index contributed by atoms with van der Waals surface area (Å²) < 4.78 is 0. The van der Waals surface area contributed by atoms with Crippen LogP contribution in [0.15, 0.2) is 97.1 Å². The molecule has 0 amide bonds. The molecule has 1 fully saturated rings. The summed E-state index contributed by atoms with van der Waals surface area (Å²) in [7, 11) is 0. The minimum absolute atomic E-state index is 0.0493. The van der Waals surface area contributed by atoms with Crippen LogP contribution in [0.4, 0.5) is 11.4 Å². The summed E-state index contributed by atoms with van der Waals surface area (Å²) in [6, 6.07) is 37.8. The van der Waals surface area contributed by atoms with Crippen molar-refractivity contribution in [2.75, 3.05) is 11.5 Å². The molecule has 2 nitrogen and oxygen atoms in total. The lowest BCUT2D eigenvalue weighted by Crippen LogP contribution is -2.33. The zero-order chi connectivity index (χ0) is 47.2. The van der Waals surface area contributed by atoms with Gasteiger partial charge in [-0.15, -0.1) is 0 Å². The number of hydrogen-bond acceptors (Lipinski definition) is 2. The van der Waals surface area contributed by atoms with Crippen LogP contribution in [0.2, 0.25) is 0 Å². The van der Waals surface area contributed by atoms with Gasteiger partial charge in [-0.2, -0.15) is 0 Å². The predicted molar refractivity (Wildman–Crippen MR) is 297 cm³/mol. The van der Waals surface area contributed by atoms with E-state index in [0.29, 0.717) is 11.8 Å². The van der Waals surface area contributed by atoms with Gasteiger partial charge in [0, 0.05) is 28.6 Å². The number of rotatable bonds is 36. The van der Waals surface area contributed by atoms with E-state index in [1.165, 1.54) is 252 Å². The van der Waals surface area contributed by atoms with Crippen molar-refractivity contribution in [1.82, 2.24) is 0 Å². The van der Waals surface area contributed by atoms with Crippen LogP contribution in [0, 0.1) is 5.92 Å². The second-order valence-corrected chi connectivity index (χ2v) is 21.6. The van der Waals surface area contributed by atoms with E-state index in [1.807, 2.05) is 0 Å². The SMILES string of the molecule is CCCCCCCCCCCC1CCC(c2ccc(C(CCCCCCCCCCC)c3ccc(N)cc3)cc2)(c2ccc(C(CCCCCCCCCCC)c3ccc(N)cc3)cc2)CC1. The van der Waals surface area contributed by atoms with E-state index < -0.39 is 0 Å². The molecule has 4 aromatic carbocycles. The number of nitrogen functional groups attached to an aromatic ring is 2. The quantitative estimate of drug-likeness (QED) is 0.0353. The highest BCUT2D eigenvalue weighted by molar-refractivity contribution is 5.47. The van der Waals surface area contributed by atoms with Gasteiger partial charge in [0.1, 0.15) is 0 Å². The number of unbranched alkanes of at least 4 members (excludes halogenated alkanes) is 24. The van der Waals surface area contributed by atoms with Gasteiger partial charge < -0.3 is 11.5 Å². The Kier molecular flexibility index (Phi) is 26.3. The average Bonchev–Trinajstić information content (AvgIpc) is 3.36. The fourth-order valence-electron chi connectivity index (χ4n) is 11.8. The van der Waals surface area contributed by atoms with E-state index in [0.717, 1.165) is 17.3 Å². The molecule has 0 bridgehead atoms. The predicted octanol–water partition coefficient (Wildman–Crippen LogP) is 20.4. The number of benzene rings is 4. The fourth-order valence-corrected chi connectivity index (χ4v) is 11.8. The van der Waals surface area contributed by atoms with Crippen molar-refractivity contribution in [3.8, 4) is 0 Å². The van der Waals surface area contributed by atoms with Crippen molar-refractivity contribution >= 4 is 11.4 Å². The lowest BCUT2D eigenvalue weighted by molar-refractivity contribution is 0.250. The van der Waals surface area contributed by atoms with E-state index in [1.54, 1.807) is 0 Å². The summed E-state index contributed by atoms with van der Waals surface area (Å²) in [6.07, 6.45) is 46.2. The Morgan fingerprint density at radius 3 is 0.940 bits per heavy atom. The Morgan fingerprint density at radius 2 is 0.627 bits per heavy atom. The number of anilines is 2. The molecule has 1 aliphatic rings. The largest absolute Gasteiger partial charge is 0.399 e. The summed E-state index contributed by atoms with van der Waals surface area (Å²) in [5.41, 5.74) is 23.0. The summed E-state index contributed by atoms with van der Waals surface area (Å²) in [5.74, 6) is 1.66. The molecule has 2 atom stereocenters. The van der Waals surface area contributed by atoms with Gasteiger partial charge in [-0.1, -0.05) is 273 Å². The molecule has 1 saturated carbocycles. The molecular formula is C65H100N2. The second kappa shape index (κ2) is 32.3. The molecule has 0 heterocycles. The number of nitrogens with two attached hydrogens (primary N) is 2. The second-order valence-electron chi connectivity index (χ2n) is 21.6. The van der Waals surface area contributed by atoms with Crippen molar-refractivity contribution in [2.45, 2.75) is 256 Å². The normalized spacial score (nSPS) is 17.1. The zero-order valence-corrected chi connectivity index (χ0v) is 43.7. The van der Waals surface area contributed by atoms with E-state index in [-0.39, 0.29) is 5.41 Å². The molecule has 2 heteroatoms. The Hall–Kier alpha value is -3.52. The van der Waals surface area contributed by atoms with Crippen LogP contribution in [0.5, 0.6) is 0 Å². The average molecular weight is 910 g/mol. The van der Waals surface area contributed by atoms with Crippen LogP contribution in [0.25, 0.3) is 0 Å². The lowest BCUT2D eigenvalue weighted by Gasteiger charge is -2.42. The van der Waals surface area contributed by atoms with Gasteiger partial charge in [-0.3, -0.25) is 0 Å². The van der Waals surface area contributed by atoms with Crippen molar-refractivity contribution in [3.05, 3.63) is 130 Å². The van der Waals surface area contributed by atoms with Gasteiger partial charge in [-0.25, -0.2) is 0 Å². The molecule has 67 heavy (non-hydrogen) atoms. The van der Waals surface area contributed by atoms with Crippen molar-refractivity contribution in [1.29, 1.82) is 0 Å². The van der Waals surface area contributed by atoms with Crippen LogP contribution in [0.3, 0.4) is 0 Å². The molecule has 1 aliphatic carbocycles. The van der Waals surface area contributed by atoms with Crippen molar-refractivity contribution in [3.63, 3.8) is 0 Å². The molecule has 2 unspecified atom stereocenters.